The number of rotatable bonds is 1. The van der Waals surface area contributed by atoms with Crippen LogP contribution in [0.25, 0.3) is 5.65 Å². The maximum atomic E-state index is 4.57. The Bertz CT molecular complexity index is 561. The molecule has 0 amide bonds. The van der Waals surface area contributed by atoms with Gasteiger partial charge in [0, 0.05) is 13.1 Å². The quantitative estimate of drug-likeness (QED) is 0.697. The molecule has 2 aromatic heterocycles. The molecule has 0 N–H and O–H groups in total. The molecule has 1 fully saturated rings. The maximum Gasteiger partial charge on any atom is 0.178 e. The van der Waals surface area contributed by atoms with Crippen LogP contribution in [0, 0.1) is 6.92 Å². The second-order valence-electron chi connectivity index (χ2n) is 4.45. The lowest BCUT2D eigenvalue weighted by atomic mass is 10.1. The first-order valence-electron chi connectivity index (χ1n) is 5.85. The van der Waals surface area contributed by atoms with E-state index in [1.165, 1.54) is 5.57 Å². The Labute approximate surface area is 99.8 Å². The molecule has 0 saturated carbocycles. The molecule has 0 aliphatic carbocycles. The van der Waals surface area contributed by atoms with Crippen molar-refractivity contribution < 1.29 is 0 Å². The second kappa shape index (κ2) is 3.84. The van der Waals surface area contributed by atoms with Gasteiger partial charge in [-0.1, -0.05) is 12.2 Å². The van der Waals surface area contributed by atoms with E-state index in [9.17, 15) is 0 Å². The minimum Gasteiger partial charge on any atom is -0.355 e. The van der Waals surface area contributed by atoms with Gasteiger partial charge in [-0.25, -0.2) is 0 Å². The molecule has 88 valence electrons. The molecule has 0 radical (unpaired) electrons. The highest BCUT2D eigenvalue weighted by molar-refractivity contribution is 5.46. The fourth-order valence-electron chi connectivity index (χ4n) is 2.11. The summed E-state index contributed by atoms with van der Waals surface area (Å²) in [5, 5.41) is 12.6. The van der Waals surface area contributed by atoms with Gasteiger partial charge in [0.2, 0.25) is 0 Å². The van der Waals surface area contributed by atoms with E-state index in [1.807, 2.05) is 19.1 Å². The van der Waals surface area contributed by atoms with Gasteiger partial charge in [-0.15, -0.1) is 15.3 Å². The normalized spacial score (nSPS) is 16.8. The van der Waals surface area contributed by atoms with Gasteiger partial charge in [-0.05, 0) is 31.9 Å². The average molecular weight is 229 g/mol. The molecule has 0 unspecified atom stereocenters. The van der Waals surface area contributed by atoms with Crippen LogP contribution in [0.4, 0.5) is 5.82 Å². The van der Waals surface area contributed by atoms with E-state index in [-0.39, 0.29) is 0 Å². The van der Waals surface area contributed by atoms with Crippen LogP contribution in [0.3, 0.4) is 0 Å². The molecule has 2 aromatic rings. The van der Waals surface area contributed by atoms with E-state index in [4.69, 9.17) is 0 Å². The molecule has 17 heavy (non-hydrogen) atoms. The van der Waals surface area contributed by atoms with Gasteiger partial charge in [0.25, 0.3) is 0 Å². The van der Waals surface area contributed by atoms with E-state index in [1.54, 1.807) is 4.52 Å². The molecule has 0 bridgehead atoms. The first-order chi connectivity index (χ1) is 8.24. The molecular formula is C12H15N5. The SMILES string of the molecule is C=C1CCN(c2ccc3nnc(C)n3n2)CC1. The first-order valence-corrected chi connectivity index (χ1v) is 5.85. The Morgan fingerprint density at radius 2 is 1.94 bits per heavy atom. The lowest BCUT2D eigenvalue weighted by Crippen LogP contribution is -2.31. The van der Waals surface area contributed by atoms with E-state index >= 15 is 0 Å². The number of hydrogen-bond donors (Lipinski definition) is 0. The number of piperidine rings is 1. The van der Waals surface area contributed by atoms with Crippen LogP contribution in [-0.4, -0.2) is 32.9 Å². The third kappa shape index (κ3) is 1.77. The van der Waals surface area contributed by atoms with Crippen molar-refractivity contribution in [3.05, 3.63) is 30.1 Å². The fraction of sp³-hybridized carbons (Fsp3) is 0.417. The fourth-order valence-corrected chi connectivity index (χ4v) is 2.11. The van der Waals surface area contributed by atoms with Gasteiger partial charge in [-0.2, -0.15) is 4.52 Å². The Kier molecular flexibility index (Phi) is 2.31. The highest BCUT2D eigenvalue weighted by atomic mass is 15.4. The summed E-state index contributed by atoms with van der Waals surface area (Å²) in [6.45, 7) is 7.93. The van der Waals surface area contributed by atoms with E-state index in [0.29, 0.717) is 0 Å². The van der Waals surface area contributed by atoms with Gasteiger partial charge in [0.15, 0.2) is 11.5 Å². The number of hydrogen-bond acceptors (Lipinski definition) is 4. The lowest BCUT2D eigenvalue weighted by molar-refractivity contribution is 0.669. The number of nitrogens with zero attached hydrogens (tertiary/aromatic N) is 5. The van der Waals surface area contributed by atoms with Crippen molar-refractivity contribution in [2.45, 2.75) is 19.8 Å². The van der Waals surface area contributed by atoms with Gasteiger partial charge in [0.1, 0.15) is 5.82 Å². The Morgan fingerprint density at radius 1 is 1.18 bits per heavy atom. The minimum atomic E-state index is 0.799. The van der Waals surface area contributed by atoms with Crippen LogP contribution in [-0.2, 0) is 0 Å². The molecule has 5 nitrogen and oxygen atoms in total. The Hall–Kier alpha value is -1.91. The van der Waals surface area contributed by atoms with Crippen LogP contribution >= 0.6 is 0 Å². The summed E-state index contributed by atoms with van der Waals surface area (Å²) in [5.74, 6) is 1.82. The van der Waals surface area contributed by atoms with Crippen LogP contribution in [0.15, 0.2) is 24.3 Å². The number of aromatic nitrogens is 4. The van der Waals surface area contributed by atoms with Gasteiger partial charge >= 0.3 is 0 Å². The molecule has 3 heterocycles. The van der Waals surface area contributed by atoms with Crippen molar-refractivity contribution in [3.8, 4) is 0 Å². The molecule has 0 aromatic carbocycles. The third-order valence-corrected chi connectivity index (χ3v) is 3.20. The van der Waals surface area contributed by atoms with Crippen LogP contribution in [0.5, 0.6) is 0 Å². The molecule has 1 aliphatic heterocycles. The van der Waals surface area contributed by atoms with E-state index < -0.39 is 0 Å². The number of anilines is 1. The number of fused-ring (bicyclic) bond motifs is 1. The Balaban J connectivity index is 1.94. The van der Waals surface area contributed by atoms with Crippen molar-refractivity contribution in [1.82, 2.24) is 19.8 Å². The molecular weight excluding hydrogens is 214 g/mol. The highest BCUT2D eigenvalue weighted by Gasteiger charge is 2.15. The molecule has 0 spiro atoms. The molecule has 1 saturated heterocycles. The standard InChI is InChI=1S/C12H15N5/c1-9-5-7-16(8-6-9)12-4-3-11-14-13-10(2)17(11)15-12/h3-4H,1,5-8H2,2H3. The number of aryl methyl sites for hydroxylation is 1. The molecule has 5 heteroatoms. The van der Waals surface area contributed by atoms with Crippen molar-refractivity contribution in [2.75, 3.05) is 18.0 Å². The minimum absolute atomic E-state index is 0.799. The summed E-state index contributed by atoms with van der Waals surface area (Å²) in [7, 11) is 0. The van der Waals surface area contributed by atoms with E-state index in [2.05, 4.69) is 26.8 Å². The summed E-state index contributed by atoms with van der Waals surface area (Å²) < 4.78 is 1.79. The predicted octanol–water partition coefficient (Wildman–Crippen LogP) is 1.59. The van der Waals surface area contributed by atoms with Crippen molar-refractivity contribution in [1.29, 1.82) is 0 Å². The summed E-state index contributed by atoms with van der Waals surface area (Å²) in [4.78, 5) is 2.29. The topological polar surface area (TPSA) is 46.3 Å². The summed E-state index contributed by atoms with van der Waals surface area (Å²) in [6, 6.07) is 3.98. The molecule has 0 atom stereocenters. The van der Waals surface area contributed by atoms with Crippen LogP contribution in [0.2, 0.25) is 0 Å². The van der Waals surface area contributed by atoms with Crippen molar-refractivity contribution >= 4 is 11.5 Å². The predicted molar refractivity (Wildman–Crippen MR) is 66.1 cm³/mol. The maximum absolute atomic E-state index is 4.57. The highest BCUT2D eigenvalue weighted by Crippen LogP contribution is 2.20. The summed E-state index contributed by atoms with van der Waals surface area (Å²) >= 11 is 0. The molecule has 1 aliphatic rings. The average Bonchev–Trinajstić information content (AvgIpc) is 2.72. The van der Waals surface area contributed by atoms with Gasteiger partial charge < -0.3 is 4.90 Å². The van der Waals surface area contributed by atoms with Gasteiger partial charge in [-0.3, -0.25) is 0 Å². The largest absolute Gasteiger partial charge is 0.355 e. The zero-order valence-corrected chi connectivity index (χ0v) is 9.93. The Morgan fingerprint density at radius 3 is 2.71 bits per heavy atom. The lowest BCUT2D eigenvalue weighted by Gasteiger charge is -2.28. The third-order valence-electron chi connectivity index (χ3n) is 3.20. The summed E-state index contributed by atoms with van der Waals surface area (Å²) in [5.41, 5.74) is 2.13. The van der Waals surface area contributed by atoms with Crippen LogP contribution < -0.4 is 4.90 Å². The van der Waals surface area contributed by atoms with E-state index in [0.717, 1.165) is 43.2 Å². The van der Waals surface area contributed by atoms with Gasteiger partial charge in [0.05, 0.1) is 0 Å². The smallest absolute Gasteiger partial charge is 0.178 e. The zero-order valence-electron chi connectivity index (χ0n) is 9.93. The van der Waals surface area contributed by atoms with Crippen molar-refractivity contribution in [3.63, 3.8) is 0 Å². The zero-order chi connectivity index (χ0) is 11.8. The monoisotopic (exact) mass is 229 g/mol. The second-order valence-corrected chi connectivity index (χ2v) is 4.45. The van der Waals surface area contributed by atoms with Crippen molar-refractivity contribution in [2.24, 2.45) is 0 Å². The first kappa shape index (κ1) is 10.3. The molecule has 3 rings (SSSR count). The van der Waals surface area contributed by atoms with Crippen LogP contribution in [0.1, 0.15) is 18.7 Å². The summed E-state index contributed by atoms with van der Waals surface area (Å²) in [6.07, 6.45) is 2.11.